The van der Waals surface area contributed by atoms with Crippen LogP contribution in [0.2, 0.25) is 5.02 Å². The third-order valence-corrected chi connectivity index (χ3v) is 7.80. The summed E-state index contributed by atoms with van der Waals surface area (Å²) in [7, 11) is 1.55. The maximum absolute atomic E-state index is 12.6. The van der Waals surface area contributed by atoms with Crippen LogP contribution in [-0.2, 0) is 20.9 Å². The molecule has 10 heteroatoms. The topological polar surface area (TPSA) is 91.1 Å². The van der Waals surface area contributed by atoms with E-state index in [1.165, 1.54) is 6.92 Å². The number of methoxy groups -OCH3 is 1. The summed E-state index contributed by atoms with van der Waals surface area (Å²) in [6, 6.07) is 15.1. The van der Waals surface area contributed by atoms with Crippen molar-refractivity contribution in [2.24, 2.45) is 5.73 Å². The molecule has 202 valence electrons. The molecule has 1 amide bonds. The van der Waals surface area contributed by atoms with Gasteiger partial charge >= 0.3 is 0 Å². The minimum absolute atomic E-state index is 0.0268. The normalized spacial score (nSPS) is 11.4. The molecule has 0 radical (unpaired) electrons. The number of anilines is 1. The standard InChI is InChI=1S/C28H31ClN2O5S2/c1-4-37-18-25(36-24(13-30)15-32)16-35-26-10-9-23(12-27(26)34-3)31(19(2)33)14-20-11-28(38-17-20)21-5-7-22(29)8-6-21/h5-12,17,25H,4,13-14,16,18,30H2,1-3H3. The van der Waals surface area contributed by atoms with Crippen molar-refractivity contribution in [2.75, 3.05) is 36.7 Å². The first-order chi connectivity index (χ1) is 18.4. The van der Waals surface area contributed by atoms with Crippen LogP contribution < -0.4 is 20.1 Å². The average Bonchev–Trinajstić information content (AvgIpc) is 3.40. The molecule has 0 aliphatic rings. The van der Waals surface area contributed by atoms with Crippen molar-refractivity contribution in [1.82, 2.24) is 0 Å². The largest absolute Gasteiger partial charge is 0.493 e. The molecule has 1 unspecified atom stereocenters. The van der Waals surface area contributed by atoms with Gasteiger partial charge in [-0.3, -0.25) is 4.79 Å². The maximum Gasteiger partial charge on any atom is 0.224 e. The molecule has 0 saturated carbocycles. The molecule has 0 bridgehead atoms. The summed E-state index contributed by atoms with van der Waals surface area (Å²) >= 11 is 9.30. The molecule has 1 heterocycles. The van der Waals surface area contributed by atoms with Crippen LogP contribution >= 0.6 is 34.7 Å². The molecule has 2 N–H and O–H groups in total. The van der Waals surface area contributed by atoms with Crippen LogP contribution in [0.15, 0.2) is 59.7 Å². The molecule has 38 heavy (non-hydrogen) atoms. The van der Waals surface area contributed by atoms with E-state index >= 15 is 0 Å². The number of benzene rings is 2. The van der Waals surface area contributed by atoms with E-state index < -0.39 is 0 Å². The molecule has 1 aromatic heterocycles. The van der Waals surface area contributed by atoms with E-state index in [0.717, 1.165) is 21.8 Å². The molecular formula is C28H31ClN2O5S2. The fraction of sp³-hybridized carbons (Fsp3) is 0.321. The summed E-state index contributed by atoms with van der Waals surface area (Å²) in [5, 5.41) is 2.74. The third kappa shape index (κ3) is 8.28. The lowest BCUT2D eigenvalue weighted by molar-refractivity contribution is -0.116. The van der Waals surface area contributed by atoms with Crippen molar-refractivity contribution in [3.8, 4) is 21.9 Å². The molecule has 3 aromatic rings. The fourth-order valence-electron chi connectivity index (χ4n) is 3.60. The number of halogens is 1. The van der Waals surface area contributed by atoms with Gasteiger partial charge in [-0.2, -0.15) is 11.8 Å². The van der Waals surface area contributed by atoms with Crippen molar-refractivity contribution in [2.45, 2.75) is 26.5 Å². The van der Waals surface area contributed by atoms with Crippen molar-refractivity contribution in [1.29, 1.82) is 0 Å². The van der Waals surface area contributed by atoms with Gasteiger partial charge in [0.15, 0.2) is 23.2 Å². The molecule has 0 fully saturated rings. The molecule has 0 spiro atoms. The zero-order valence-electron chi connectivity index (χ0n) is 21.6. The van der Waals surface area contributed by atoms with E-state index in [2.05, 4.69) is 6.07 Å². The van der Waals surface area contributed by atoms with E-state index in [-0.39, 0.29) is 30.9 Å². The monoisotopic (exact) mass is 574 g/mol. The highest BCUT2D eigenvalue weighted by Gasteiger charge is 2.19. The summed E-state index contributed by atoms with van der Waals surface area (Å²) in [4.78, 5) is 26.4. The fourth-order valence-corrected chi connectivity index (χ4v) is 5.30. The van der Waals surface area contributed by atoms with E-state index in [0.29, 0.717) is 34.5 Å². The first-order valence-corrected chi connectivity index (χ1v) is 14.4. The summed E-state index contributed by atoms with van der Waals surface area (Å²) in [5.41, 5.74) is 8.32. The molecule has 1 atom stereocenters. The average molecular weight is 575 g/mol. The van der Waals surface area contributed by atoms with Crippen LogP contribution in [0.1, 0.15) is 19.4 Å². The number of rotatable bonds is 14. The zero-order chi connectivity index (χ0) is 27.5. The van der Waals surface area contributed by atoms with Crippen LogP contribution in [0.3, 0.4) is 0 Å². The van der Waals surface area contributed by atoms with Crippen LogP contribution in [0.5, 0.6) is 11.5 Å². The maximum atomic E-state index is 12.6. The number of thioether (sulfide) groups is 1. The Morgan fingerprint density at radius 2 is 1.95 bits per heavy atom. The van der Waals surface area contributed by atoms with E-state index in [1.807, 2.05) is 42.6 Å². The Morgan fingerprint density at radius 1 is 1.18 bits per heavy atom. The predicted molar refractivity (Wildman–Crippen MR) is 156 cm³/mol. The number of ether oxygens (including phenoxy) is 3. The van der Waals surface area contributed by atoms with E-state index in [1.54, 1.807) is 53.2 Å². The van der Waals surface area contributed by atoms with Crippen LogP contribution in [0.4, 0.5) is 5.69 Å². The quantitative estimate of drug-likeness (QED) is 0.191. The number of carbonyl (C=O) groups is 1. The number of carbonyl (C=O) groups excluding carboxylic acids is 2. The van der Waals surface area contributed by atoms with Gasteiger partial charge < -0.3 is 24.8 Å². The SMILES string of the molecule is CCSCC(COc1ccc(N(Cc2csc(-c3ccc(Cl)cc3)c2)C(C)=O)cc1OC)OC(=C=O)CN. The van der Waals surface area contributed by atoms with Gasteiger partial charge in [0, 0.05) is 34.3 Å². The Bertz CT molecular complexity index is 1260. The highest BCUT2D eigenvalue weighted by atomic mass is 35.5. The number of nitrogens with zero attached hydrogens (tertiary/aromatic N) is 1. The first kappa shape index (κ1) is 29.6. The molecular weight excluding hydrogens is 544 g/mol. The zero-order valence-corrected chi connectivity index (χ0v) is 24.0. The summed E-state index contributed by atoms with van der Waals surface area (Å²) in [6.45, 7) is 4.14. The van der Waals surface area contributed by atoms with Gasteiger partial charge in [0.05, 0.1) is 20.2 Å². The van der Waals surface area contributed by atoms with Gasteiger partial charge in [-0.1, -0.05) is 30.7 Å². The lowest BCUT2D eigenvalue weighted by atomic mass is 10.1. The van der Waals surface area contributed by atoms with Crippen LogP contribution in [0.25, 0.3) is 10.4 Å². The molecule has 3 rings (SSSR count). The predicted octanol–water partition coefficient (Wildman–Crippen LogP) is 5.82. The van der Waals surface area contributed by atoms with Crippen LogP contribution in [-0.4, -0.2) is 49.7 Å². The van der Waals surface area contributed by atoms with Crippen molar-refractivity contribution >= 4 is 52.2 Å². The van der Waals surface area contributed by atoms with E-state index in [9.17, 15) is 9.59 Å². The number of thiophene rings is 1. The number of amides is 1. The van der Waals surface area contributed by atoms with Crippen molar-refractivity contribution in [3.05, 3.63) is 70.3 Å². The Labute approximate surface area is 236 Å². The van der Waals surface area contributed by atoms with Crippen LogP contribution in [0, 0.1) is 0 Å². The minimum Gasteiger partial charge on any atom is -0.493 e. The van der Waals surface area contributed by atoms with Gasteiger partial charge in [0.1, 0.15) is 12.7 Å². The smallest absolute Gasteiger partial charge is 0.224 e. The number of hydrogen-bond acceptors (Lipinski definition) is 8. The lowest BCUT2D eigenvalue weighted by Gasteiger charge is -2.23. The minimum atomic E-state index is -0.383. The van der Waals surface area contributed by atoms with Crippen molar-refractivity contribution < 1.29 is 23.8 Å². The second kappa shape index (κ2) is 14.9. The second-order valence-electron chi connectivity index (χ2n) is 8.21. The Morgan fingerprint density at radius 3 is 2.58 bits per heavy atom. The molecule has 2 aromatic carbocycles. The Hall–Kier alpha value is -2.94. The number of nitrogens with two attached hydrogens (primary N) is 1. The second-order valence-corrected chi connectivity index (χ2v) is 10.9. The summed E-state index contributed by atoms with van der Waals surface area (Å²) in [6.07, 6.45) is -0.383. The van der Waals surface area contributed by atoms with Gasteiger partial charge in [-0.15, -0.1) is 11.3 Å². The molecule has 0 aliphatic heterocycles. The Kier molecular flexibility index (Phi) is 11.6. The van der Waals surface area contributed by atoms with Crippen molar-refractivity contribution in [3.63, 3.8) is 0 Å². The lowest BCUT2D eigenvalue weighted by Crippen LogP contribution is -2.28. The van der Waals surface area contributed by atoms with Gasteiger partial charge in [-0.05, 0) is 52.6 Å². The van der Waals surface area contributed by atoms with Gasteiger partial charge in [0.2, 0.25) is 5.91 Å². The van der Waals surface area contributed by atoms with E-state index in [4.69, 9.17) is 31.5 Å². The highest BCUT2D eigenvalue weighted by molar-refractivity contribution is 7.99. The van der Waals surface area contributed by atoms with Gasteiger partial charge in [-0.25, -0.2) is 4.79 Å². The summed E-state index contributed by atoms with van der Waals surface area (Å²) in [5.74, 6) is 4.19. The van der Waals surface area contributed by atoms with Gasteiger partial charge in [0.25, 0.3) is 0 Å². The Balaban J connectivity index is 1.75. The number of hydrogen-bond donors (Lipinski definition) is 1. The first-order valence-electron chi connectivity index (χ1n) is 12.0. The molecule has 7 nitrogen and oxygen atoms in total. The third-order valence-electron chi connectivity index (χ3n) is 5.50. The summed E-state index contributed by atoms with van der Waals surface area (Å²) < 4.78 is 17.2. The molecule has 0 saturated heterocycles. The highest BCUT2D eigenvalue weighted by Crippen LogP contribution is 2.34. The molecule has 0 aliphatic carbocycles.